The Bertz CT molecular complexity index is 296. The van der Waals surface area contributed by atoms with Crippen molar-refractivity contribution in [1.82, 2.24) is 0 Å². The molecule has 1 fully saturated rings. The van der Waals surface area contributed by atoms with Gasteiger partial charge in [0, 0.05) is 5.04 Å². The number of hydrogen-bond acceptors (Lipinski definition) is 1. The first-order valence-corrected chi connectivity index (χ1v) is 7.79. The van der Waals surface area contributed by atoms with Crippen molar-refractivity contribution in [2.24, 2.45) is 0 Å². The predicted octanol–water partition coefficient (Wildman–Crippen LogP) is 2.45. The van der Waals surface area contributed by atoms with E-state index in [1.807, 2.05) is 19.2 Å². The smallest absolute Gasteiger partial charge is 0.192 e. The molecule has 1 aliphatic carbocycles. The number of rotatable bonds is 2. The second kappa shape index (κ2) is 2.69. The molecule has 0 unspecified atom stereocenters. The van der Waals surface area contributed by atoms with Crippen molar-refractivity contribution in [3.8, 4) is 0 Å². The first-order chi connectivity index (χ1) is 6.06. The lowest BCUT2D eigenvalue weighted by molar-refractivity contribution is 0.521. The van der Waals surface area contributed by atoms with Gasteiger partial charge in [-0.2, -0.15) is 0 Å². The molecule has 1 nitrogen and oxygen atoms in total. The van der Waals surface area contributed by atoms with Gasteiger partial charge in [0.25, 0.3) is 0 Å². The molecule has 2 heteroatoms. The fraction of sp³-hybridized carbons (Fsp3) is 0.455. The van der Waals surface area contributed by atoms with Crippen LogP contribution in [0.4, 0.5) is 0 Å². The van der Waals surface area contributed by atoms with Gasteiger partial charge in [0.15, 0.2) is 8.32 Å². The van der Waals surface area contributed by atoms with Crippen molar-refractivity contribution < 1.29 is 4.80 Å². The van der Waals surface area contributed by atoms with E-state index in [-0.39, 0.29) is 5.04 Å². The van der Waals surface area contributed by atoms with Gasteiger partial charge in [0.05, 0.1) is 0 Å². The van der Waals surface area contributed by atoms with Gasteiger partial charge in [-0.15, -0.1) is 0 Å². The molecule has 0 heterocycles. The van der Waals surface area contributed by atoms with Gasteiger partial charge < -0.3 is 4.80 Å². The highest BCUT2D eigenvalue weighted by Gasteiger charge is 2.56. The minimum Gasteiger partial charge on any atom is -0.431 e. The summed E-state index contributed by atoms with van der Waals surface area (Å²) < 4.78 is 0. The van der Waals surface area contributed by atoms with Gasteiger partial charge in [0.2, 0.25) is 0 Å². The van der Waals surface area contributed by atoms with Crippen LogP contribution in [0.1, 0.15) is 18.4 Å². The summed E-state index contributed by atoms with van der Waals surface area (Å²) in [7, 11) is -2.01. The van der Waals surface area contributed by atoms with E-state index >= 15 is 0 Å². The van der Waals surface area contributed by atoms with Crippen molar-refractivity contribution in [1.29, 1.82) is 0 Å². The maximum Gasteiger partial charge on any atom is 0.192 e. The Morgan fingerprint density at radius 3 is 2.08 bits per heavy atom. The molecule has 0 radical (unpaired) electrons. The molecule has 1 aromatic rings. The molecule has 1 aliphatic rings. The molecule has 0 aliphatic heterocycles. The van der Waals surface area contributed by atoms with Gasteiger partial charge in [-0.1, -0.05) is 30.3 Å². The molecule has 0 aromatic heterocycles. The Morgan fingerprint density at radius 2 is 1.69 bits per heavy atom. The highest BCUT2D eigenvalue weighted by atomic mass is 28.4. The van der Waals surface area contributed by atoms with E-state index in [0.29, 0.717) is 0 Å². The summed E-state index contributed by atoms with van der Waals surface area (Å²) in [6, 6.07) is 10.5. The van der Waals surface area contributed by atoms with E-state index in [4.69, 9.17) is 0 Å². The van der Waals surface area contributed by atoms with Gasteiger partial charge in [-0.25, -0.2) is 0 Å². The van der Waals surface area contributed by atoms with E-state index in [1.54, 1.807) is 0 Å². The number of hydrogen-bond donors (Lipinski definition) is 1. The van der Waals surface area contributed by atoms with E-state index in [9.17, 15) is 4.80 Å². The quantitative estimate of drug-likeness (QED) is 0.714. The first-order valence-electron chi connectivity index (χ1n) is 4.84. The highest BCUT2D eigenvalue weighted by Crippen LogP contribution is 2.53. The standard InChI is InChI=1S/C11H16OSi/c1-13(2,12)11(8-9-11)10-6-4-3-5-7-10/h3-7,12H,8-9H2,1-2H3. The topological polar surface area (TPSA) is 20.2 Å². The Kier molecular flexibility index (Phi) is 1.86. The fourth-order valence-corrected chi connectivity index (χ4v) is 4.36. The molecule has 0 spiro atoms. The molecule has 70 valence electrons. The zero-order chi connectivity index (χ0) is 9.53. The van der Waals surface area contributed by atoms with Crippen LogP contribution < -0.4 is 0 Å². The van der Waals surface area contributed by atoms with Gasteiger partial charge >= 0.3 is 0 Å². The fourth-order valence-electron chi connectivity index (χ4n) is 2.14. The lowest BCUT2D eigenvalue weighted by Gasteiger charge is -2.27. The molecule has 0 atom stereocenters. The van der Waals surface area contributed by atoms with E-state index in [1.165, 1.54) is 18.4 Å². The van der Waals surface area contributed by atoms with E-state index in [2.05, 4.69) is 24.3 Å². The third kappa shape index (κ3) is 1.34. The lowest BCUT2D eigenvalue weighted by Crippen LogP contribution is -2.41. The van der Waals surface area contributed by atoms with Crippen LogP contribution in [0.2, 0.25) is 13.1 Å². The summed E-state index contributed by atoms with van der Waals surface area (Å²) in [4.78, 5) is 10.2. The van der Waals surface area contributed by atoms with Gasteiger partial charge in [-0.3, -0.25) is 0 Å². The molecular weight excluding hydrogens is 176 g/mol. The van der Waals surface area contributed by atoms with Crippen LogP contribution in [-0.4, -0.2) is 13.1 Å². The average Bonchev–Trinajstić information content (AvgIpc) is 2.84. The summed E-state index contributed by atoms with van der Waals surface area (Å²) in [6.07, 6.45) is 2.35. The maximum absolute atomic E-state index is 10.2. The van der Waals surface area contributed by atoms with E-state index in [0.717, 1.165) is 0 Å². The molecule has 1 aromatic carbocycles. The molecule has 13 heavy (non-hydrogen) atoms. The van der Waals surface area contributed by atoms with Crippen LogP contribution in [0.5, 0.6) is 0 Å². The minimum atomic E-state index is -2.01. The second-order valence-corrected chi connectivity index (χ2v) is 8.58. The second-order valence-electron chi connectivity index (χ2n) is 4.51. The Morgan fingerprint density at radius 1 is 1.15 bits per heavy atom. The summed E-state index contributed by atoms with van der Waals surface area (Å²) in [5.74, 6) is 0. The maximum atomic E-state index is 10.2. The summed E-state index contributed by atoms with van der Waals surface area (Å²) in [6.45, 7) is 4.10. The van der Waals surface area contributed by atoms with Crippen LogP contribution in [0, 0.1) is 0 Å². The third-order valence-corrected chi connectivity index (χ3v) is 6.38. The van der Waals surface area contributed by atoms with Crippen LogP contribution in [0.25, 0.3) is 0 Å². The Hall–Kier alpha value is -0.603. The minimum absolute atomic E-state index is 0.175. The van der Waals surface area contributed by atoms with Crippen LogP contribution in [0.3, 0.4) is 0 Å². The third-order valence-electron chi connectivity index (χ3n) is 3.25. The predicted molar refractivity (Wildman–Crippen MR) is 57.1 cm³/mol. The molecule has 0 saturated heterocycles. The number of benzene rings is 1. The van der Waals surface area contributed by atoms with E-state index < -0.39 is 8.32 Å². The zero-order valence-corrected chi connectivity index (χ0v) is 9.25. The van der Waals surface area contributed by atoms with Crippen LogP contribution in [-0.2, 0) is 5.04 Å². The van der Waals surface area contributed by atoms with Crippen molar-refractivity contribution in [3.05, 3.63) is 35.9 Å². The molecular formula is C11H16OSi. The van der Waals surface area contributed by atoms with Gasteiger partial charge in [0.1, 0.15) is 0 Å². The van der Waals surface area contributed by atoms with Crippen LogP contribution in [0.15, 0.2) is 30.3 Å². The summed E-state index contributed by atoms with van der Waals surface area (Å²) in [5, 5.41) is 0.175. The largest absolute Gasteiger partial charge is 0.431 e. The summed E-state index contributed by atoms with van der Waals surface area (Å²) >= 11 is 0. The molecule has 0 bridgehead atoms. The van der Waals surface area contributed by atoms with Crippen LogP contribution >= 0.6 is 0 Å². The molecule has 1 N–H and O–H groups in total. The SMILES string of the molecule is C[Si](C)(O)C1(c2ccccc2)CC1. The average molecular weight is 192 g/mol. The zero-order valence-electron chi connectivity index (χ0n) is 8.25. The van der Waals surface area contributed by atoms with Crippen molar-refractivity contribution in [2.45, 2.75) is 31.0 Å². The lowest BCUT2D eigenvalue weighted by atomic mass is 10.1. The van der Waals surface area contributed by atoms with Crippen molar-refractivity contribution in [3.63, 3.8) is 0 Å². The molecule has 0 amide bonds. The van der Waals surface area contributed by atoms with Crippen molar-refractivity contribution in [2.75, 3.05) is 0 Å². The molecule has 2 rings (SSSR count). The first kappa shape index (κ1) is 8.97. The molecule has 1 saturated carbocycles. The normalized spacial score (nSPS) is 19.9. The van der Waals surface area contributed by atoms with Crippen molar-refractivity contribution >= 4 is 8.32 Å². The Labute approximate surface area is 80.5 Å². The highest BCUT2D eigenvalue weighted by molar-refractivity contribution is 6.73. The monoisotopic (exact) mass is 192 g/mol. The van der Waals surface area contributed by atoms with Gasteiger partial charge in [-0.05, 0) is 31.5 Å². The summed E-state index contributed by atoms with van der Waals surface area (Å²) in [5.41, 5.74) is 1.34. The Balaban J connectivity index is 2.37.